The fourth-order valence-electron chi connectivity index (χ4n) is 2.45. The number of rotatable bonds is 9. The van der Waals surface area contributed by atoms with Gasteiger partial charge in [0.2, 0.25) is 5.82 Å². The van der Waals surface area contributed by atoms with Crippen LogP contribution in [0, 0.1) is 17.0 Å². The van der Waals surface area contributed by atoms with Crippen molar-refractivity contribution in [1.82, 2.24) is 20.8 Å². The van der Waals surface area contributed by atoms with Gasteiger partial charge in [0.15, 0.2) is 6.61 Å². The molecule has 2 aromatic carbocycles. The topological polar surface area (TPSA) is 149 Å². The van der Waals surface area contributed by atoms with Crippen LogP contribution in [0.3, 0.4) is 0 Å². The lowest BCUT2D eigenvalue weighted by Gasteiger charge is -2.08. The van der Waals surface area contributed by atoms with Crippen molar-refractivity contribution in [3.8, 4) is 17.1 Å². The Morgan fingerprint density at radius 2 is 1.74 bits per heavy atom. The Labute approximate surface area is 176 Å². The summed E-state index contributed by atoms with van der Waals surface area (Å²) in [5, 5.41) is 19.5. The fraction of sp³-hybridized carbons (Fsp3) is 0.200. The third-order valence-corrected chi connectivity index (χ3v) is 4.08. The maximum atomic E-state index is 12.1. The number of benzene rings is 2. The van der Waals surface area contributed by atoms with Crippen molar-refractivity contribution in [2.75, 3.05) is 19.7 Å². The summed E-state index contributed by atoms with van der Waals surface area (Å²) in [5.74, 6) is -0.475. The van der Waals surface area contributed by atoms with E-state index in [1.165, 1.54) is 24.3 Å². The van der Waals surface area contributed by atoms with Gasteiger partial charge in [0.05, 0.1) is 4.92 Å². The minimum absolute atomic E-state index is 0.0727. The molecule has 11 nitrogen and oxygen atoms in total. The summed E-state index contributed by atoms with van der Waals surface area (Å²) in [7, 11) is 0. The summed E-state index contributed by atoms with van der Waals surface area (Å²) < 4.78 is 10.3. The molecule has 1 heterocycles. The van der Waals surface area contributed by atoms with Crippen molar-refractivity contribution in [3.63, 3.8) is 0 Å². The summed E-state index contributed by atoms with van der Waals surface area (Å²) in [6.45, 7) is 2.14. The highest BCUT2D eigenvalue weighted by atomic mass is 16.6. The SMILES string of the molecule is Cc1ccc(OCC(=O)NCCNC(=O)c2nc(-c3ccc([N+](=O)[O-])cc3)no2)cc1. The standard InChI is InChI=1S/C20H19N5O6/c1-13-2-8-16(9-3-13)30-12-17(26)21-10-11-22-19(27)20-23-18(24-31-20)14-4-6-15(7-5-14)25(28)29/h2-9H,10-12H2,1H3,(H,21,26)(H,22,27). The Balaban J connectivity index is 1.40. The first kappa shape index (κ1) is 21.4. The number of hydrogen-bond acceptors (Lipinski definition) is 8. The number of aryl methyl sites for hydroxylation is 1. The molecule has 160 valence electrons. The Hall–Kier alpha value is -4.28. The molecule has 3 rings (SSSR count). The molecule has 31 heavy (non-hydrogen) atoms. The maximum Gasteiger partial charge on any atom is 0.316 e. The molecule has 0 radical (unpaired) electrons. The zero-order valence-electron chi connectivity index (χ0n) is 16.5. The number of amides is 2. The van der Waals surface area contributed by atoms with Crippen LogP contribution in [0.5, 0.6) is 5.75 Å². The number of aromatic nitrogens is 2. The van der Waals surface area contributed by atoms with E-state index in [0.29, 0.717) is 11.3 Å². The van der Waals surface area contributed by atoms with E-state index in [0.717, 1.165) is 5.56 Å². The van der Waals surface area contributed by atoms with Crippen molar-refractivity contribution in [2.45, 2.75) is 6.92 Å². The molecular weight excluding hydrogens is 406 g/mol. The second kappa shape index (κ2) is 9.96. The van der Waals surface area contributed by atoms with Gasteiger partial charge < -0.3 is 19.9 Å². The van der Waals surface area contributed by atoms with Crippen LogP contribution in [0.15, 0.2) is 53.1 Å². The number of nitro groups is 1. The highest BCUT2D eigenvalue weighted by Crippen LogP contribution is 2.19. The summed E-state index contributed by atoms with van der Waals surface area (Å²) in [4.78, 5) is 38.0. The van der Waals surface area contributed by atoms with Crippen molar-refractivity contribution in [2.24, 2.45) is 0 Å². The van der Waals surface area contributed by atoms with Gasteiger partial charge in [-0.1, -0.05) is 22.9 Å². The van der Waals surface area contributed by atoms with Crippen molar-refractivity contribution in [1.29, 1.82) is 0 Å². The molecule has 0 spiro atoms. The number of nitrogens with zero attached hydrogens (tertiary/aromatic N) is 3. The molecule has 0 bridgehead atoms. The van der Waals surface area contributed by atoms with E-state index in [1.807, 2.05) is 19.1 Å². The average molecular weight is 425 g/mol. The van der Waals surface area contributed by atoms with Gasteiger partial charge >= 0.3 is 11.8 Å². The first-order chi connectivity index (χ1) is 14.9. The zero-order chi connectivity index (χ0) is 22.2. The van der Waals surface area contributed by atoms with Crippen molar-refractivity contribution in [3.05, 3.63) is 70.1 Å². The number of carbonyl (C=O) groups is 2. The molecule has 2 amide bonds. The van der Waals surface area contributed by atoms with Crippen LogP contribution >= 0.6 is 0 Å². The van der Waals surface area contributed by atoms with E-state index < -0.39 is 10.8 Å². The van der Waals surface area contributed by atoms with Crippen LogP contribution in [0.25, 0.3) is 11.4 Å². The van der Waals surface area contributed by atoms with Crippen molar-refractivity contribution < 1.29 is 23.8 Å². The minimum Gasteiger partial charge on any atom is -0.484 e. The van der Waals surface area contributed by atoms with E-state index in [2.05, 4.69) is 20.8 Å². The molecule has 3 aromatic rings. The van der Waals surface area contributed by atoms with E-state index >= 15 is 0 Å². The molecule has 2 N–H and O–H groups in total. The molecule has 0 fully saturated rings. The lowest BCUT2D eigenvalue weighted by atomic mass is 10.2. The molecule has 0 saturated carbocycles. The molecule has 0 aliphatic heterocycles. The van der Waals surface area contributed by atoms with Crippen LogP contribution in [0.1, 0.15) is 16.2 Å². The number of nitro benzene ring substituents is 1. The first-order valence-electron chi connectivity index (χ1n) is 9.25. The third-order valence-electron chi connectivity index (χ3n) is 4.08. The average Bonchev–Trinajstić information content (AvgIpc) is 3.27. The van der Waals surface area contributed by atoms with Gasteiger partial charge in [-0.05, 0) is 31.2 Å². The Bertz CT molecular complexity index is 1060. The molecule has 1 aromatic heterocycles. The Morgan fingerprint density at radius 1 is 1.06 bits per heavy atom. The van der Waals surface area contributed by atoms with Gasteiger partial charge in [0.25, 0.3) is 11.6 Å². The number of hydrogen-bond donors (Lipinski definition) is 2. The normalized spacial score (nSPS) is 10.4. The van der Waals surface area contributed by atoms with Crippen LogP contribution < -0.4 is 15.4 Å². The van der Waals surface area contributed by atoms with E-state index in [4.69, 9.17) is 9.26 Å². The predicted molar refractivity (Wildman–Crippen MR) is 108 cm³/mol. The summed E-state index contributed by atoms with van der Waals surface area (Å²) in [6, 6.07) is 12.8. The van der Waals surface area contributed by atoms with Gasteiger partial charge in [0, 0.05) is 30.8 Å². The molecule has 0 atom stereocenters. The quantitative estimate of drug-likeness (QED) is 0.300. The number of ether oxygens (including phenoxy) is 1. The summed E-state index contributed by atoms with van der Waals surface area (Å²) >= 11 is 0. The number of non-ortho nitro benzene ring substituents is 1. The molecule has 0 saturated heterocycles. The van der Waals surface area contributed by atoms with Gasteiger partial charge in [-0.15, -0.1) is 0 Å². The second-order valence-electron chi connectivity index (χ2n) is 6.43. The van der Waals surface area contributed by atoms with E-state index in [-0.39, 0.29) is 43.0 Å². The van der Waals surface area contributed by atoms with Gasteiger partial charge in [0.1, 0.15) is 5.75 Å². The molecule has 0 aliphatic carbocycles. The Kier molecular flexibility index (Phi) is 6.89. The fourth-order valence-corrected chi connectivity index (χ4v) is 2.45. The Morgan fingerprint density at radius 3 is 2.42 bits per heavy atom. The molecule has 11 heteroatoms. The smallest absolute Gasteiger partial charge is 0.316 e. The first-order valence-corrected chi connectivity index (χ1v) is 9.25. The number of nitrogens with one attached hydrogen (secondary N) is 2. The minimum atomic E-state index is -0.606. The van der Waals surface area contributed by atoms with Crippen LogP contribution in [-0.2, 0) is 4.79 Å². The van der Waals surface area contributed by atoms with Gasteiger partial charge in [-0.25, -0.2) is 0 Å². The van der Waals surface area contributed by atoms with Gasteiger partial charge in [-0.3, -0.25) is 19.7 Å². The third kappa shape index (κ3) is 6.10. The van der Waals surface area contributed by atoms with Crippen LogP contribution in [0.4, 0.5) is 5.69 Å². The second-order valence-corrected chi connectivity index (χ2v) is 6.43. The highest BCUT2D eigenvalue weighted by molar-refractivity contribution is 5.89. The summed E-state index contributed by atoms with van der Waals surface area (Å²) in [5.41, 5.74) is 1.49. The predicted octanol–water partition coefficient (Wildman–Crippen LogP) is 1.88. The van der Waals surface area contributed by atoms with E-state index in [9.17, 15) is 19.7 Å². The number of carbonyl (C=O) groups excluding carboxylic acids is 2. The van der Waals surface area contributed by atoms with Crippen LogP contribution in [-0.4, -0.2) is 46.6 Å². The molecule has 0 aliphatic rings. The molecular formula is C20H19N5O6. The lowest BCUT2D eigenvalue weighted by Crippen LogP contribution is -2.36. The van der Waals surface area contributed by atoms with E-state index in [1.54, 1.807) is 12.1 Å². The zero-order valence-corrected chi connectivity index (χ0v) is 16.5. The lowest BCUT2D eigenvalue weighted by molar-refractivity contribution is -0.384. The van der Waals surface area contributed by atoms with Gasteiger partial charge in [-0.2, -0.15) is 4.98 Å². The maximum absolute atomic E-state index is 12.1. The molecule has 0 unspecified atom stereocenters. The summed E-state index contributed by atoms with van der Waals surface area (Å²) in [6.07, 6.45) is 0. The van der Waals surface area contributed by atoms with Crippen LogP contribution in [0.2, 0.25) is 0 Å². The van der Waals surface area contributed by atoms with Crippen molar-refractivity contribution >= 4 is 17.5 Å². The largest absolute Gasteiger partial charge is 0.484 e. The highest BCUT2D eigenvalue weighted by Gasteiger charge is 2.16. The monoisotopic (exact) mass is 425 g/mol.